The van der Waals surface area contributed by atoms with Crippen molar-refractivity contribution < 1.29 is 9.53 Å². The zero-order valence-corrected chi connectivity index (χ0v) is 19.6. The normalized spacial score (nSPS) is 22.9. The fourth-order valence-corrected chi connectivity index (χ4v) is 4.83. The number of hydrogen-bond acceptors (Lipinski definition) is 4. The summed E-state index contributed by atoms with van der Waals surface area (Å²) in [4.78, 5) is 24.3. The molecule has 32 heavy (non-hydrogen) atoms. The second-order valence-corrected chi connectivity index (χ2v) is 9.14. The standard InChI is InChI=1S/C25H39N5O2/c1-2-26-25(30-16-14-29(15-17-30)24(31)23-7-6-18-32-23)27-19-21-8-10-22(11-9-21)20-28-12-4-3-5-13-28/h8-11,23H,2-7,12-20H2,1H3,(H,26,27). The molecule has 1 amide bonds. The van der Waals surface area contributed by atoms with Crippen LogP contribution in [0.1, 0.15) is 50.2 Å². The number of piperidine rings is 1. The maximum Gasteiger partial charge on any atom is 0.251 e. The molecule has 0 radical (unpaired) electrons. The van der Waals surface area contributed by atoms with Gasteiger partial charge >= 0.3 is 0 Å². The highest BCUT2D eigenvalue weighted by atomic mass is 16.5. The lowest BCUT2D eigenvalue weighted by Crippen LogP contribution is -2.55. The van der Waals surface area contributed by atoms with Crippen molar-refractivity contribution in [3.8, 4) is 0 Å². The molecule has 0 aliphatic carbocycles. The fraction of sp³-hybridized carbons (Fsp3) is 0.680. The molecule has 1 unspecified atom stereocenters. The average molecular weight is 442 g/mol. The van der Waals surface area contributed by atoms with Gasteiger partial charge in [-0.15, -0.1) is 0 Å². The highest BCUT2D eigenvalue weighted by Crippen LogP contribution is 2.17. The Morgan fingerprint density at radius 1 is 0.969 bits per heavy atom. The van der Waals surface area contributed by atoms with Crippen molar-refractivity contribution in [2.45, 2.75) is 58.2 Å². The van der Waals surface area contributed by atoms with Crippen molar-refractivity contribution >= 4 is 11.9 Å². The molecule has 3 aliphatic rings. The summed E-state index contributed by atoms with van der Waals surface area (Å²) >= 11 is 0. The first kappa shape index (κ1) is 23.1. The molecule has 1 aromatic carbocycles. The van der Waals surface area contributed by atoms with Crippen LogP contribution in [0.15, 0.2) is 29.3 Å². The molecule has 0 spiro atoms. The first-order chi connectivity index (χ1) is 15.7. The van der Waals surface area contributed by atoms with Crippen LogP contribution in [-0.2, 0) is 22.6 Å². The van der Waals surface area contributed by atoms with Crippen molar-refractivity contribution in [3.63, 3.8) is 0 Å². The third-order valence-corrected chi connectivity index (χ3v) is 6.72. The highest BCUT2D eigenvalue weighted by Gasteiger charge is 2.30. The van der Waals surface area contributed by atoms with E-state index in [1.807, 2.05) is 4.90 Å². The SMILES string of the molecule is CCNC(=NCc1ccc(CN2CCCCC2)cc1)N1CCN(C(=O)C2CCCO2)CC1. The fourth-order valence-electron chi connectivity index (χ4n) is 4.83. The van der Waals surface area contributed by atoms with Gasteiger partial charge in [-0.2, -0.15) is 0 Å². The Morgan fingerprint density at radius 3 is 2.31 bits per heavy atom. The van der Waals surface area contributed by atoms with Gasteiger partial charge in [-0.1, -0.05) is 30.7 Å². The molecular weight excluding hydrogens is 402 g/mol. The molecule has 7 nitrogen and oxygen atoms in total. The lowest BCUT2D eigenvalue weighted by Gasteiger charge is -2.37. The van der Waals surface area contributed by atoms with Gasteiger partial charge < -0.3 is 19.9 Å². The van der Waals surface area contributed by atoms with Gasteiger partial charge in [-0.05, 0) is 56.8 Å². The van der Waals surface area contributed by atoms with E-state index in [4.69, 9.17) is 9.73 Å². The van der Waals surface area contributed by atoms with Crippen LogP contribution in [-0.4, -0.2) is 85.1 Å². The number of nitrogens with one attached hydrogen (secondary N) is 1. The third kappa shape index (κ3) is 6.23. The van der Waals surface area contributed by atoms with Gasteiger partial charge in [-0.3, -0.25) is 9.69 Å². The number of ether oxygens (including phenoxy) is 1. The lowest BCUT2D eigenvalue weighted by molar-refractivity contribution is -0.142. The summed E-state index contributed by atoms with van der Waals surface area (Å²) < 4.78 is 5.58. The Hall–Kier alpha value is -2.12. The minimum absolute atomic E-state index is 0.161. The topological polar surface area (TPSA) is 60.4 Å². The predicted molar refractivity (Wildman–Crippen MR) is 128 cm³/mol. The minimum Gasteiger partial charge on any atom is -0.368 e. The molecule has 1 atom stereocenters. The summed E-state index contributed by atoms with van der Waals surface area (Å²) in [5, 5.41) is 3.43. The van der Waals surface area contributed by atoms with Crippen molar-refractivity contribution in [2.75, 3.05) is 52.4 Å². The van der Waals surface area contributed by atoms with E-state index >= 15 is 0 Å². The second kappa shape index (κ2) is 11.7. The molecule has 3 aliphatic heterocycles. The van der Waals surface area contributed by atoms with E-state index in [-0.39, 0.29) is 12.0 Å². The molecule has 3 saturated heterocycles. The highest BCUT2D eigenvalue weighted by molar-refractivity contribution is 5.82. The molecule has 4 rings (SSSR count). The first-order valence-electron chi connectivity index (χ1n) is 12.5. The number of rotatable bonds is 6. The van der Waals surface area contributed by atoms with Crippen molar-refractivity contribution in [1.29, 1.82) is 0 Å². The van der Waals surface area contributed by atoms with Crippen molar-refractivity contribution in [3.05, 3.63) is 35.4 Å². The lowest BCUT2D eigenvalue weighted by atomic mass is 10.1. The molecule has 0 aromatic heterocycles. The maximum absolute atomic E-state index is 12.6. The summed E-state index contributed by atoms with van der Waals surface area (Å²) in [6.07, 6.45) is 5.67. The molecule has 3 heterocycles. The van der Waals surface area contributed by atoms with Crippen LogP contribution in [0.3, 0.4) is 0 Å². The Labute approximate surface area is 192 Å². The molecular formula is C25H39N5O2. The molecule has 0 saturated carbocycles. The summed E-state index contributed by atoms with van der Waals surface area (Å²) in [5.74, 6) is 1.10. The summed E-state index contributed by atoms with van der Waals surface area (Å²) in [7, 11) is 0. The Bertz CT molecular complexity index is 746. The van der Waals surface area contributed by atoms with Gasteiger partial charge in [-0.25, -0.2) is 4.99 Å². The summed E-state index contributed by atoms with van der Waals surface area (Å²) in [5.41, 5.74) is 2.62. The minimum atomic E-state index is -0.221. The van der Waals surface area contributed by atoms with E-state index in [1.165, 1.54) is 43.5 Å². The number of aliphatic imine (C=N–C) groups is 1. The number of nitrogens with zero attached hydrogens (tertiary/aromatic N) is 4. The van der Waals surface area contributed by atoms with Crippen LogP contribution in [0.5, 0.6) is 0 Å². The van der Waals surface area contributed by atoms with Gasteiger partial charge in [0.25, 0.3) is 5.91 Å². The van der Waals surface area contributed by atoms with Gasteiger partial charge in [0.2, 0.25) is 0 Å². The molecule has 0 bridgehead atoms. The third-order valence-electron chi connectivity index (χ3n) is 6.72. The zero-order valence-electron chi connectivity index (χ0n) is 19.6. The summed E-state index contributed by atoms with van der Waals surface area (Å²) in [6.45, 7) is 10.9. The molecule has 7 heteroatoms. The van der Waals surface area contributed by atoms with E-state index in [0.29, 0.717) is 13.2 Å². The van der Waals surface area contributed by atoms with Crippen LogP contribution in [0, 0.1) is 0 Å². The number of guanidine groups is 1. The van der Waals surface area contributed by atoms with E-state index in [2.05, 4.69) is 46.3 Å². The Kier molecular flexibility index (Phi) is 8.40. The van der Waals surface area contributed by atoms with Crippen LogP contribution >= 0.6 is 0 Å². The van der Waals surface area contributed by atoms with Gasteiger partial charge in [0.1, 0.15) is 6.10 Å². The van der Waals surface area contributed by atoms with E-state index in [9.17, 15) is 4.79 Å². The van der Waals surface area contributed by atoms with E-state index in [1.54, 1.807) is 0 Å². The number of carbonyl (C=O) groups is 1. The molecule has 3 fully saturated rings. The second-order valence-electron chi connectivity index (χ2n) is 9.14. The number of hydrogen-bond donors (Lipinski definition) is 1. The van der Waals surface area contributed by atoms with E-state index < -0.39 is 0 Å². The van der Waals surface area contributed by atoms with Gasteiger partial charge in [0, 0.05) is 45.9 Å². The maximum atomic E-state index is 12.6. The Balaban J connectivity index is 1.28. The van der Waals surface area contributed by atoms with E-state index in [0.717, 1.165) is 58.1 Å². The monoisotopic (exact) mass is 441 g/mol. The largest absolute Gasteiger partial charge is 0.368 e. The Morgan fingerprint density at radius 2 is 1.66 bits per heavy atom. The average Bonchev–Trinajstić information content (AvgIpc) is 3.38. The van der Waals surface area contributed by atoms with Crippen molar-refractivity contribution in [1.82, 2.24) is 20.0 Å². The number of benzene rings is 1. The first-order valence-corrected chi connectivity index (χ1v) is 12.5. The smallest absolute Gasteiger partial charge is 0.251 e. The molecule has 1 N–H and O–H groups in total. The molecule has 176 valence electrons. The van der Waals surface area contributed by atoms with Crippen LogP contribution in [0.2, 0.25) is 0 Å². The quantitative estimate of drug-likeness (QED) is 0.543. The molecule has 1 aromatic rings. The zero-order chi connectivity index (χ0) is 22.2. The number of piperazine rings is 1. The number of carbonyl (C=O) groups excluding carboxylic acids is 1. The number of likely N-dealkylation sites (tertiary alicyclic amines) is 1. The van der Waals surface area contributed by atoms with Gasteiger partial charge in [0.05, 0.1) is 6.54 Å². The van der Waals surface area contributed by atoms with Crippen LogP contribution in [0.25, 0.3) is 0 Å². The number of amides is 1. The predicted octanol–water partition coefficient (Wildman–Crippen LogP) is 2.46. The van der Waals surface area contributed by atoms with Crippen LogP contribution in [0.4, 0.5) is 0 Å². The summed E-state index contributed by atoms with van der Waals surface area (Å²) in [6, 6.07) is 8.93. The van der Waals surface area contributed by atoms with Crippen molar-refractivity contribution in [2.24, 2.45) is 4.99 Å². The van der Waals surface area contributed by atoms with Gasteiger partial charge in [0.15, 0.2) is 5.96 Å². The van der Waals surface area contributed by atoms with Crippen LogP contribution < -0.4 is 5.32 Å².